The van der Waals surface area contributed by atoms with Crippen LogP contribution in [0.5, 0.6) is 0 Å². The number of hydrogen-bond acceptors (Lipinski definition) is 4. The molecule has 1 heterocycles. The molecule has 1 aromatic carbocycles. The molecule has 0 saturated heterocycles. The molecule has 2 aromatic rings. The van der Waals surface area contributed by atoms with Gasteiger partial charge in [0, 0.05) is 12.2 Å². The van der Waals surface area contributed by atoms with E-state index in [1.54, 1.807) is 6.20 Å². The van der Waals surface area contributed by atoms with Crippen LogP contribution >= 0.6 is 0 Å². The zero-order valence-corrected chi connectivity index (χ0v) is 15.1. The molecule has 0 fully saturated rings. The minimum absolute atomic E-state index is 0.0554. The molecule has 0 bridgehead atoms. The zero-order valence-electron chi connectivity index (χ0n) is 15.1. The summed E-state index contributed by atoms with van der Waals surface area (Å²) >= 11 is 0. The van der Waals surface area contributed by atoms with Crippen LogP contribution in [0.1, 0.15) is 50.7 Å². The van der Waals surface area contributed by atoms with Crippen molar-refractivity contribution in [2.75, 3.05) is 17.2 Å². The molecule has 2 N–H and O–H groups in total. The predicted molar refractivity (Wildman–Crippen MR) is 98.5 cm³/mol. The van der Waals surface area contributed by atoms with Gasteiger partial charge in [-0.2, -0.15) is 0 Å². The van der Waals surface area contributed by atoms with E-state index in [-0.39, 0.29) is 11.3 Å². The first-order valence-electron chi connectivity index (χ1n) is 8.24. The summed E-state index contributed by atoms with van der Waals surface area (Å²) in [6, 6.07) is 7.82. The highest BCUT2D eigenvalue weighted by Gasteiger charge is 2.19. The molecule has 0 aliphatic rings. The van der Waals surface area contributed by atoms with Gasteiger partial charge in [-0.05, 0) is 23.0 Å². The Bertz CT molecular complexity index is 687. The van der Waals surface area contributed by atoms with Gasteiger partial charge in [-0.1, -0.05) is 52.8 Å². The van der Waals surface area contributed by atoms with Crippen LogP contribution in [0.15, 0.2) is 36.7 Å². The van der Waals surface area contributed by atoms with Crippen LogP contribution in [-0.4, -0.2) is 22.4 Å². The molecular weight excluding hydrogens is 300 g/mol. The number of amides is 1. The normalized spacial score (nSPS) is 11.4. The van der Waals surface area contributed by atoms with E-state index < -0.39 is 0 Å². The minimum atomic E-state index is -0.255. The summed E-state index contributed by atoms with van der Waals surface area (Å²) in [5.74, 6) is 0.939. The third kappa shape index (κ3) is 4.78. The highest BCUT2D eigenvalue weighted by molar-refractivity contribution is 6.03. The van der Waals surface area contributed by atoms with Gasteiger partial charge in [0.25, 0.3) is 5.91 Å². The zero-order chi connectivity index (χ0) is 17.7. The quantitative estimate of drug-likeness (QED) is 0.868. The Morgan fingerprint density at radius 3 is 2.42 bits per heavy atom. The summed E-state index contributed by atoms with van der Waals surface area (Å²) in [4.78, 5) is 20.9. The summed E-state index contributed by atoms with van der Waals surface area (Å²) in [6.45, 7) is 11.4. The number of benzene rings is 1. The van der Waals surface area contributed by atoms with Gasteiger partial charge < -0.3 is 10.6 Å². The van der Waals surface area contributed by atoms with E-state index in [9.17, 15) is 4.79 Å². The van der Waals surface area contributed by atoms with Crippen molar-refractivity contribution in [1.82, 2.24) is 9.97 Å². The summed E-state index contributed by atoms with van der Waals surface area (Å²) in [6.07, 6.45) is 3.09. The number of para-hydroxylation sites is 1. The first-order chi connectivity index (χ1) is 11.3. The van der Waals surface area contributed by atoms with Crippen molar-refractivity contribution in [3.63, 3.8) is 0 Å². The van der Waals surface area contributed by atoms with Crippen molar-refractivity contribution in [3.8, 4) is 0 Å². The van der Waals surface area contributed by atoms with Crippen LogP contribution in [-0.2, 0) is 5.41 Å². The van der Waals surface area contributed by atoms with Crippen molar-refractivity contribution in [3.05, 3.63) is 47.9 Å². The van der Waals surface area contributed by atoms with Crippen molar-refractivity contribution in [2.24, 2.45) is 5.92 Å². The van der Waals surface area contributed by atoms with Gasteiger partial charge in [0.1, 0.15) is 11.5 Å². The Kier molecular flexibility index (Phi) is 5.54. The molecule has 0 saturated carbocycles. The van der Waals surface area contributed by atoms with E-state index in [0.717, 1.165) is 17.8 Å². The van der Waals surface area contributed by atoms with Crippen molar-refractivity contribution in [2.45, 2.75) is 40.0 Å². The molecule has 0 radical (unpaired) electrons. The molecule has 24 heavy (non-hydrogen) atoms. The minimum Gasteiger partial charge on any atom is -0.369 e. The number of nitrogens with zero attached hydrogens (tertiary/aromatic N) is 2. The molecule has 1 amide bonds. The van der Waals surface area contributed by atoms with Gasteiger partial charge in [-0.3, -0.25) is 4.79 Å². The second-order valence-electron chi connectivity index (χ2n) is 7.31. The molecule has 128 valence electrons. The molecule has 0 aliphatic carbocycles. The van der Waals surface area contributed by atoms with Gasteiger partial charge in [-0.25, -0.2) is 9.97 Å². The van der Waals surface area contributed by atoms with Crippen LogP contribution in [0.3, 0.4) is 0 Å². The van der Waals surface area contributed by atoms with Crippen LogP contribution in [0.2, 0.25) is 0 Å². The van der Waals surface area contributed by atoms with E-state index in [1.165, 1.54) is 6.20 Å². The van der Waals surface area contributed by atoms with E-state index in [0.29, 0.717) is 17.4 Å². The maximum atomic E-state index is 12.4. The Hall–Kier alpha value is -2.43. The van der Waals surface area contributed by atoms with E-state index in [2.05, 4.69) is 55.2 Å². The Morgan fingerprint density at radius 1 is 1.12 bits per heavy atom. The Labute approximate surface area is 143 Å². The molecule has 5 heteroatoms. The molecule has 0 atom stereocenters. The predicted octanol–water partition coefficient (Wildman–Crippen LogP) is 4.09. The number of carbonyl (C=O) groups is 1. The third-order valence-corrected chi connectivity index (χ3v) is 3.56. The van der Waals surface area contributed by atoms with E-state index >= 15 is 0 Å². The number of hydrogen-bond donors (Lipinski definition) is 2. The van der Waals surface area contributed by atoms with Gasteiger partial charge in [0.15, 0.2) is 0 Å². The van der Waals surface area contributed by atoms with Crippen molar-refractivity contribution < 1.29 is 4.79 Å². The first kappa shape index (κ1) is 17.9. The fourth-order valence-corrected chi connectivity index (χ4v) is 2.28. The average molecular weight is 326 g/mol. The summed E-state index contributed by atoms with van der Waals surface area (Å²) < 4.78 is 0. The topological polar surface area (TPSA) is 66.9 Å². The van der Waals surface area contributed by atoms with Gasteiger partial charge in [-0.15, -0.1) is 0 Å². The average Bonchev–Trinajstić information content (AvgIpc) is 2.53. The second kappa shape index (κ2) is 7.43. The number of rotatable bonds is 5. The maximum Gasteiger partial charge on any atom is 0.275 e. The number of nitrogens with one attached hydrogen (secondary N) is 2. The van der Waals surface area contributed by atoms with Gasteiger partial charge >= 0.3 is 0 Å². The molecular formula is C19H26N4O. The maximum absolute atomic E-state index is 12.4. The first-order valence-corrected chi connectivity index (χ1v) is 8.24. The lowest BCUT2D eigenvalue weighted by Gasteiger charge is -2.22. The highest BCUT2D eigenvalue weighted by Crippen LogP contribution is 2.29. The van der Waals surface area contributed by atoms with Crippen molar-refractivity contribution >= 4 is 17.4 Å². The fourth-order valence-electron chi connectivity index (χ4n) is 2.28. The Balaban J connectivity index is 2.11. The lowest BCUT2D eigenvalue weighted by atomic mass is 9.86. The van der Waals surface area contributed by atoms with Gasteiger partial charge in [0.05, 0.1) is 12.4 Å². The number of aromatic nitrogens is 2. The monoisotopic (exact) mass is 326 g/mol. The van der Waals surface area contributed by atoms with Crippen molar-refractivity contribution in [1.29, 1.82) is 0 Å². The molecule has 0 spiro atoms. The van der Waals surface area contributed by atoms with Crippen LogP contribution in [0.25, 0.3) is 0 Å². The van der Waals surface area contributed by atoms with Crippen LogP contribution < -0.4 is 10.6 Å². The molecule has 5 nitrogen and oxygen atoms in total. The van der Waals surface area contributed by atoms with E-state index in [1.807, 2.05) is 24.3 Å². The summed E-state index contributed by atoms with van der Waals surface area (Å²) in [5, 5.41) is 6.12. The summed E-state index contributed by atoms with van der Waals surface area (Å²) in [5.41, 5.74) is 2.13. The third-order valence-electron chi connectivity index (χ3n) is 3.56. The molecule has 2 rings (SSSR count). The SMILES string of the molecule is CC(C)CNc1cnc(C(=O)Nc2ccccc2C(C)(C)C)cn1. The summed E-state index contributed by atoms with van der Waals surface area (Å²) in [7, 11) is 0. The van der Waals surface area contributed by atoms with Crippen LogP contribution in [0.4, 0.5) is 11.5 Å². The van der Waals surface area contributed by atoms with E-state index in [4.69, 9.17) is 0 Å². The highest BCUT2D eigenvalue weighted by atomic mass is 16.1. The number of anilines is 2. The smallest absolute Gasteiger partial charge is 0.275 e. The molecule has 1 aromatic heterocycles. The lowest BCUT2D eigenvalue weighted by Crippen LogP contribution is -2.19. The molecule has 0 aliphatic heterocycles. The fraction of sp³-hybridized carbons (Fsp3) is 0.421. The van der Waals surface area contributed by atoms with Crippen LogP contribution in [0, 0.1) is 5.92 Å². The lowest BCUT2D eigenvalue weighted by molar-refractivity contribution is 0.102. The Morgan fingerprint density at radius 2 is 1.83 bits per heavy atom. The molecule has 0 unspecified atom stereocenters. The largest absolute Gasteiger partial charge is 0.369 e. The van der Waals surface area contributed by atoms with Gasteiger partial charge in [0.2, 0.25) is 0 Å². The standard InChI is InChI=1S/C19H26N4O/c1-13(2)10-21-17-12-20-16(11-22-17)18(24)23-15-9-7-6-8-14(15)19(3,4)5/h6-9,11-13H,10H2,1-5H3,(H,21,22)(H,23,24). The number of carbonyl (C=O) groups excluding carboxylic acids is 1. The second-order valence-corrected chi connectivity index (χ2v) is 7.31.